The van der Waals surface area contributed by atoms with Gasteiger partial charge in [0.25, 0.3) is 0 Å². The lowest BCUT2D eigenvalue weighted by Crippen LogP contribution is -2.23. The third-order valence-corrected chi connectivity index (χ3v) is 4.28. The standard InChI is InChI=1S/C12H16N2O3S/c1-9-3-5-11(6-4-9)18(16,17)8-12(15)10(2)7-14-13/h3-6,10,13H,7-8H2,1-2H3. The molecule has 1 atom stereocenters. The molecular weight excluding hydrogens is 252 g/mol. The molecular formula is C12H16N2O3S. The Kier molecular flexibility index (Phi) is 4.72. The normalized spacial score (nSPS) is 13.0. The Hall–Kier alpha value is -1.56. The summed E-state index contributed by atoms with van der Waals surface area (Å²) >= 11 is 0. The maximum atomic E-state index is 12.0. The van der Waals surface area contributed by atoms with Crippen LogP contribution in [0.4, 0.5) is 0 Å². The first-order valence-corrected chi connectivity index (χ1v) is 7.17. The first kappa shape index (κ1) is 14.5. The van der Waals surface area contributed by atoms with E-state index in [4.69, 9.17) is 5.53 Å². The summed E-state index contributed by atoms with van der Waals surface area (Å²) < 4.78 is 23.9. The van der Waals surface area contributed by atoms with E-state index in [2.05, 4.69) is 5.11 Å². The zero-order valence-electron chi connectivity index (χ0n) is 10.4. The van der Waals surface area contributed by atoms with Gasteiger partial charge in [-0.25, -0.2) is 13.9 Å². The molecule has 0 spiro atoms. The molecule has 0 aliphatic rings. The SMILES string of the molecule is Cc1ccc(S(=O)(=O)CC(=O)C(C)CN=N)cc1. The van der Waals surface area contributed by atoms with Gasteiger partial charge in [0, 0.05) is 5.92 Å². The molecule has 18 heavy (non-hydrogen) atoms. The Balaban J connectivity index is 2.85. The van der Waals surface area contributed by atoms with Crippen LogP contribution < -0.4 is 0 Å². The molecule has 1 unspecified atom stereocenters. The highest BCUT2D eigenvalue weighted by atomic mass is 32.2. The highest BCUT2D eigenvalue weighted by molar-refractivity contribution is 7.92. The molecule has 0 aromatic heterocycles. The first-order chi connectivity index (χ1) is 8.36. The van der Waals surface area contributed by atoms with Crippen LogP contribution in [0, 0.1) is 18.4 Å². The molecule has 0 aliphatic heterocycles. The van der Waals surface area contributed by atoms with Gasteiger partial charge in [-0.3, -0.25) is 4.79 Å². The molecule has 6 heteroatoms. The molecule has 0 bridgehead atoms. The molecule has 98 valence electrons. The lowest BCUT2D eigenvalue weighted by atomic mass is 10.1. The lowest BCUT2D eigenvalue weighted by molar-refractivity contribution is -0.119. The van der Waals surface area contributed by atoms with Gasteiger partial charge in [0.2, 0.25) is 0 Å². The van der Waals surface area contributed by atoms with Crippen LogP contribution in [0.2, 0.25) is 0 Å². The molecule has 0 saturated heterocycles. The highest BCUT2D eigenvalue weighted by Crippen LogP contribution is 2.13. The van der Waals surface area contributed by atoms with Crippen molar-refractivity contribution < 1.29 is 13.2 Å². The van der Waals surface area contributed by atoms with Gasteiger partial charge in [-0.1, -0.05) is 24.6 Å². The Morgan fingerprint density at radius 1 is 1.33 bits per heavy atom. The van der Waals surface area contributed by atoms with Crippen LogP contribution >= 0.6 is 0 Å². The third kappa shape index (κ3) is 3.73. The molecule has 0 radical (unpaired) electrons. The number of hydrogen-bond donors (Lipinski definition) is 1. The summed E-state index contributed by atoms with van der Waals surface area (Å²) in [5, 5.41) is 3.11. The van der Waals surface area contributed by atoms with Gasteiger partial charge < -0.3 is 0 Å². The van der Waals surface area contributed by atoms with E-state index in [1.807, 2.05) is 6.92 Å². The van der Waals surface area contributed by atoms with Crippen molar-refractivity contribution in [2.24, 2.45) is 11.0 Å². The van der Waals surface area contributed by atoms with E-state index in [1.54, 1.807) is 19.1 Å². The molecule has 0 amide bonds. The molecule has 5 nitrogen and oxygen atoms in total. The van der Waals surface area contributed by atoms with Gasteiger partial charge in [0.05, 0.1) is 11.4 Å². The van der Waals surface area contributed by atoms with Crippen LogP contribution in [0.5, 0.6) is 0 Å². The Bertz CT molecular complexity index is 535. The molecule has 1 rings (SSSR count). The topological polar surface area (TPSA) is 87.4 Å². The summed E-state index contributed by atoms with van der Waals surface area (Å²) in [5.74, 6) is -1.48. The number of Topliss-reactive ketones (excluding diaryl/α,β-unsaturated/α-hetero) is 1. The minimum Gasteiger partial charge on any atom is -0.298 e. The smallest absolute Gasteiger partial charge is 0.185 e. The van der Waals surface area contributed by atoms with Gasteiger partial charge in [0.15, 0.2) is 15.6 Å². The van der Waals surface area contributed by atoms with E-state index in [-0.39, 0.29) is 11.4 Å². The van der Waals surface area contributed by atoms with Crippen molar-refractivity contribution in [2.75, 3.05) is 12.3 Å². The van der Waals surface area contributed by atoms with E-state index in [9.17, 15) is 13.2 Å². The van der Waals surface area contributed by atoms with E-state index in [1.165, 1.54) is 12.1 Å². The van der Waals surface area contributed by atoms with Crippen molar-refractivity contribution in [3.8, 4) is 0 Å². The summed E-state index contributed by atoms with van der Waals surface area (Å²) in [7, 11) is -3.59. The van der Waals surface area contributed by atoms with Crippen LogP contribution in [0.15, 0.2) is 34.3 Å². The van der Waals surface area contributed by atoms with Gasteiger partial charge in [-0.05, 0) is 19.1 Å². The Morgan fingerprint density at radius 2 is 1.89 bits per heavy atom. The monoisotopic (exact) mass is 268 g/mol. The molecule has 0 fully saturated rings. The van der Waals surface area contributed by atoms with Crippen molar-refractivity contribution in [1.82, 2.24) is 0 Å². The molecule has 1 aromatic carbocycles. The summed E-state index contributed by atoms with van der Waals surface area (Å²) in [5.41, 5.74) is 7.63. The molecule has 0 heterocycles. The summed E-state index contributed by atoms with van der Waals surface area (Å²) in [6, 6.07) is 6.38. The van der Waals surface area contributed by atoms with Crippen LogP contribution in [0.3, 0.4) is 0 Å². The Labute approximate surface area is 107 Å². The molecule has 0 aliphatic carbocycles. The largest absolute Gasteiger partial charge is 0.298 e. The fraction of sp³-hybridized carbons (Fsp3) is 0.417. The van der Waals surface area contributed by atoms with Crippen LogP contribution in [-0.2, 0) is 14.6 Å². The van der Waals surface area contributed by atoms with Gasteiger partial charge in [0.1, 0.15) is 5.75 Å². The van der Waals surface area contributed by atoms with Crippen molar-refractivity contribution in [2.45, 2.75) is 18.7 Å². The lowest BCUT2D eigenvalue weighted by Gasteiger charge is -2.08. The molecule has 1 N–H and O–H groups in total. The molecule has 1 aromatic rings. The summed E-state index contributed by atoms with van der Waals surface area (Å²) in [4.78, 5) is 11.8. The zero-order valence-corrected chi connectivity index (χ0v) is 11.2. The summed E-state index contributed by atoms with van der Waals surface area (Å²) in [6.45, 7) is 3.46. The molecule has 0 saturated carbocycles. The predicted octanol–water partition coefficient (Wildman–Crippen LogP) is 2.00. The average molecular weight is 268 g/mol. The number of ketones is 1. The van der Waals surface area contributed by atoms with Gasteiger partial charge >= 0.3 is 0 Å². The Morgan fingerprint density at radius 3 is 2.39 bits per heavy atom. The number of nitrogens with one attached hydrogen (secondary N) is 1. The van der Waals surface area contributed by atoms with Crippen LogP contribution in [0.25, 0.3) is 0 Å². The number of hydrogen-bond acceptors (Lipinski definition) is 5. The maximum absolute atomic E-state index is 12.0. The first-order valence-electron chi connectivity index (χ1n) is 5.52. The number of aryl methyl sites for hydroxylation is 1. The minimum atomic E-state index is -3.59. The third-order valence-electron chi connectivity index (χ3n) is 2.63. The fourth-order valence-corrected chi connectivity index (χ4v) is 2.77. The number of nitrogens with zero attached hydrogens (tertiary/aromatic N) is 1. The quantitative estimate of drug-likeness (QED) is 0.800. The second-order valence-electron chi connectivity index (χ2n) is 4.28. The van der Waals surface area contributed by atoms with E-state index in [0.717, 1.165) is 5.56 Å². The minimum absolute atomic E-state index is 0.0300. The van der Waals surface area contributed by atoms with Gasteiger partial charge in [-0.2, -0.15) is 5.11 Å². The maximum Gasteiger partial charge on any atom is 0.185 e. The van der Waals surface area contributed by atoms with Crippen molar-refractivity contribution in [3.63, 3.8) is 0 Å². The van der Waals surface area contributed by atoms with E-state index in [0.29, 0.717) is 0 Å². The van der Waals surface area contributed by atoms with E-state index >= 15 is 0 Å². The summed E-state index contributed by atoms with van der Waals surface area (Å²) in [6.07, 6.45) is 0. The van der Waals surface area contributed by atoms with Crippen LogP contribution in [0.1, 0.15) is 12.5 Å². The second kappa shape index (κ2) is 5.86. The number of carbonyl (C=O) groups is 1. The predicted molar refractivity (Wildman–Crippen MR) is 67.4 cm³/mol. The van der Waals surface area contributed by atoms with Crippen molar-refractivity contribution >= 4 is 15.6 Å². The van der Waals surface area contributed by atoms with E-state index < -0.39 is 27.3 Å². The van der Waals surface area contributed by atoms with Crippen LogP contribution in [-0.4, -0.2) is 26.5 Å². The fourth-order valence-electron chi connectivity index (χ4n) is 1.40. The van der Waals surface area contributed by atoms with Crippen molar-refractivity contribution in [1.29, 1.82) is 5.53 Å². The van der Waals surface area contributed by atoms with Gasteiger partial charge in [-0.15, -0.1) is 0 Å². The second-order valence-corrected chi connectivity index (χ2v) is 6.27. The average Bonchev–Trinajstić information content (AvgIpc) is 2.29. The number of sulfone groups is 1. The zero-order chi connectivity index (χ0) is 13.8. The number of benzene rings is 1. The number of carbonyl (C=O) groups excluding carboxylic acids is 1. The highest BCUT2D eigenvalue weighted by Gasteiger charge is 2.22. The number of rotatable bonds is 6. The van der Waals surface area contributed by atoms with Crippen molar-refractivity contribution in [3.05, 3.63) is 29.8 Å².